The van der Waals surface area contributed by atoms with E-state index in [1.807, 2.05) is 38.2 Å². The number of hydrogen-bond donors (Lipinski definition) is 2. The molecule has 0 saturated carbocycles. The van der Waals surface area contributed by atoms with Gasteiger partial charge >= 0.3 is 0 Å². The van der Waals surface area contributed by atoms with Gasteiger partial charge in [-0.2, -0.15) is 4.31 Å². The first-order valence-electron chi connectivity index (χ1n) is 10.0. The summed E-state index contributed by atoms with van der Waals surface area (Å²) < 4.78 is 39.7. The minimum atomic E-state index is -3.83. The van der Waals surface area contributed by atoms with Crippen molar-refractivity contribution in [2.24, 2.45) is 5.92 Å². The topological polar surface area (TPSA) is 88.1 Å². The van der Waals surface area contributed by atoms with Gasteiger partial charge in [0.1, 0.15) is 22.5 Å². The molecule has 0 saturated heterocycles. The van der Waals surface area contributed by atoms with Crippen LogP contribution in [0.1, 0.15) is 13.8 Å². The zero-order chi connectivity index (χ0) is 21.9. The maximum absolute atomic E-state index is 13.4. The lowest BCUT2D eigenvalue weighted by Crippen LogP contribution is -2.49. The molecule has 2 N–H and O–H groups in total. The van der Waals surface area contributed by atoms with E-state index in [0.29, 0.717) is 12.3 Å². The van der Waals surface area contributed by atoms with Gasteiger partial charge in [0.15, 0.2) is 0 Å². The quantitative estimate of drug-likeness (QED) is 0.726. The first kappa shape index (κ1) is 22.6. The van der Waals surface area contributed by atoms with Crippen LogP contribution in [0.3, 0.4) is 0 Å². The predicted octanol–water partition coefficient (Wildman–Crippen LogP) is 2.35. The molecule has 0 fully saturated rings. The van der Waals surface area contributed by atoms with Crippen LogP contribution in [0.5, 0.6) is 11.5 Å². The van der Waals surface area contributed by atoms with Crippen LogP contribution in [0.25, 0.3) is 11.1 Å². The Labute approximate surface area is 178 Å². The first-order valence-corrected chi connectivity index (χ1v) is 11.5. The molecule has 0 amide bonds. The van der Waals surface area contributed by atoms with Crippen molar-refractivity contribution in [1.29, 1.82) is 0 Å². The highest BCUT2D eigenvalue weighted by Gasteiger charge is 2.37. The molecule has 3 atom stereocenters. The maximum atomic E-state index is 13.4. The minimum Gasteiger partial charge on any atom is -0.497 e. The van der Waals surface area contributed by atoms with E-state index in [4.69, 9.17) is 9.47 Å². The molecule has 0 unspecified atom stereocenters. The standard InChI is InChI=1S/C22H30N2O5S/c1-15-13-24(16(2)14-25)30(26,27)22-10-7-18(11-20(22)29-21(15)12-23-3)17-5-8-19(28-4)9-6-17/h5-11,15-16,21,23,25H,12-14H2,1-4H3/t15-,16-,21+/m1/s1. The second kappa shape index (κ2) is 9.34. The largest absolute Gasteiger partial charge is 0.497 e. The zero-order valence-corrected chi connectivity index (χ0v) is 18.6. The number of nitrogens with zero attached hydrogens (tertiary/aromatic N) is 1. The summed E-state index contributed by atoms with van der Waals surface area (Å²) in [6.07, 6.45) is -0.219. The Hall–Kier alpha value is -2.13. The highest BCUT2D eigenvalue weighted by molar-refractivity contribution is 7.89. The van der Waals surface area contributed by atoms with Crippen molar-refractivity contribution in [2.75, 3.05) is 33.9 Å². The Kier molecular flexibility index (Phi) is 7.02. The fourth-order valence-corrected chi connectivity index (χ4v) is 5.46. The van der Waals surface area contributed by atoms with Crippen molar-refractivity contribution in [2.45, 2.75) is 30.9 Å². The summed E-state index contributed by atoms with van der Waals surface area (Å²) in [6.45, 7) is 4.28. The van der Waals surface area contributed by atoms with Gasteiger partial charge in [-0.15, -0.1) is 0 Å². The van der Waals surface area contributed by atoms with Crippen LogP contribution in [-0.4, -0.2) is 63.8 Å². The fourth-order valence-electron chi connectivity index (χ4n) is 3.63. The van der Waals surface area contributed by atoms with E-state index in [0.717, 1.165) is 16.9 Å². The van der Waals surface area contributed by atoms with Crippen LogP contribution in [-0.2, 0) is 10.0 Å². The molecule has 0 bridgehead atoms. The van der Waals surface area contributed by atoms with Gasteiger partial charge in [-0.3, -0.25) is 0 Å². The van der Waals surface area contributed by atoms with E-state index in [2.05, 4.69) is 5.32 Å². The first-order chi connectivity index (χ1) is 14.3. The molecule has 0 spiro atoms. The van der Waals surface area contributed by atoms with Gasteiger partial charge in [0.25, 0.3) is 0 Å². The SMILES string of the molecule is CNC[C@@H]1Oc2cc(-c3ccc(OC)cc3)ccc2S(=O)(=O)N([C@H](C)CO)C[C@H]1C. The van der Waals surface area contributed by atoms with Gasteiger partial charge in [0.05, 0.1) is 13.7 Å². The third kappa shape index (κ3) is 4.46. The second-order valence-electron chi connectivity index (χ2n) is 7.69. The third-order valence-electron chi connectivity index (χ3n) is 5.50. The van der Waals surface area contributed by atoms with Crippen LogP contribution >= 0.6 is 0 Å². The summed E-state index contributed by atoms with van der Waals surface area (Å²) in [5, 5.41) is 12.8. The Bertz CT molecular complexity index is 962. The smallest absolute Gasteiger partial charge is 0.247 e. The summed E-state index contributed by atoms with van der Waals surface area (Å²) in [5.41, 5.74) is 1.78. The van der Waals surface area contributed by atoms with E-state index < -0.39 is 16.1 Å². The van der Waals surface area contributed by atoms with Crippen LogP contribution in [0.2, 0.25) is 0 Å². The summed E-state index contributed by atoms with van der Waals surface area (Å²) in [4.78, 5) is 0.119. The fraction of sp³-hybridized carbons (Fsp3) is 0.455. The zero-order valence-electron chi connectivity index (χ0n) is 17.8. The Morgan fingerprint density at radius 2 is 1.90 bits per heavy atom. The number of sulfonamides is 1. The summed E-state index contributed by atoms with van der Waals surface area (Å²) in [7, 11) is -0.373. The number of hydrogen-bond acceptors (Lipinski definition) is 6. The molecule has 8 heteroatoms. The van der Waals surface area contributed by atoms with Crippen molar-refractivity contribution in [3.05, 3.63) is 42.5 Å². The van der Waals surface area contributed by atoms with E-state index in [1.165, 1.54) is 4.31 Å². The molecular weight excluding hydrogens is 404 g/mol. The number of aliphatic hydroxyl groups is 1. The number of methoxy groups -OCH3 is 1. The van der Waals surface area contributed by atoms with Crippen molar-refractivity contribution in [1.82, 2.24) is 9.62 Å². The van der Waals surface area contributed by atoms with Gasteiger partial charge in [0, 0.05) is 25.0 Å². The number of nitrogens with one attached hydrogen (secondary N) is 1. The molecule has 7 nitrogen and oxygen atoms in total. The van der Waals surface area contributed by atoms with E-state index in [1.54, 1.807) is 32.2 Å². The van der Waals surface area contributed by atoms with Gasteiger partial charge < -0.3 is 19.9 Å². The molecule has 30 heavy (non-hydrogen) atoms. The van der Waals surface area contributed by atoms with Crippen molar-refractivity contribution < 1.29 is 23.0 Å². The van der Waals surface area contributed by atoms with Gasteiger partial charge in [0.2, 0.25) is 10.0 Å². The molecule has 0 aliphatic carbocycles. The lowest BCUT2D eigenvalue weighted by atomic mass is 10.0. The molecule has 1 aliphatic rings. The summed E-state index contributed by atoms with van der Waals surface area (Å²) in [6, 6.07) is 12.2. The predicted molar refractivity (Wildman–Crippen MR) is 116 cm³/mol. The van der Waals surface area contributed by atoms with Gasteiger partial charge in [-0.25, -0.2) is 8.42 Å². The van der Waals surface area contributed by atoms with Gasteiger partial charge in [-0.05, 0) is 49.4 Å². The average molecular weight is 435 g/mol. The molecular formula is C22H30N2O5S. The highest BCUT2D eigenvalue weighted by Crippen LogP contribution is 2.36. The van der Waals surface area contributed by atoms with Crippen LogP contribution in [0.4, 0.5) is 0 Å². The molecule has 2 aromatic rings. The summed E-state index contributed by atoms with van der Waals surface area (Å²) in [5.74, 6) is 1.00. The monoisotopic (exact) mass is 434 g/mol. The van der Waals surface area contributed by atoms with Crippen molar-refractivity contribution in [3.63, 3.8) is 0 Å². The lowest BCUT2D eigenvalue weighted by molar-refractivity contribution is 0.103. The van der Waals surface area contributed by atoms with Crippen LogP contribution < -0.4 is 14.8 Å². The summed E-state index contributed by atoms with van der Waals surface area (Å²) >= 11 is 0. The van der Waals surface area contributed by atoms with Crippen molar-refractivity contribution in [3.8, 4) is 22.6 Å². The Morgan fingerprint density at radius 1 is 1.23 bits per heavy atom. The molecule has 1 aliphatic heterocycles. The number of benzene rings is 2. The van der Waals surface area contributed by atoms with Gasteiger partial charge in [-0.1, -0.05) is 25.1 Å². The normalized spacial score (nSPS) is 22.3. The number of fused-ring (bicyclic) bond motifs is 1. The Morgan fingerprint density at radius 3 is 2.50 bits per heavy atom. The molecule has 164 valence electrons. The lowest BCUT2D eigenvalue weighted by Gasteiger charge is -2.36. The molecule has 0 radical (unpaired) electrons. The number of likely N-dealkylation sites (N-methyl/N-ethyl adjacent to an activating group) is 1. The van der Waals surface area contributed by atoms with E-state index >= 15 is 0 Å². The molecule has 0 aromatic heterocycles. The molecule has 2 aromatic carbocycles. The maximum Gasteiger partial charge on any atom is 0.247 e. The molecule has 3 rings (SSSR count). The van der Waals surface area contributed by atoms with E-state index in [-0.39, 0.29) is 30.1 Å². The number of rotatable bonds is 6. The van der Waals surface area contributed by atoms with Crippen LogP contribution in [0, 0.1) is 5.92 Å². The molecule has 1 heterocycles. The van der Waals surface area contributed by atoms with E-state index in [9.17, 15) is 13.5 Å². The average Bonchev–Trinajstić information content (AvgIpc) is 2.75. The highest BCUT2D eigenvalue weighted by atomic mass is 32.2. The second-order valence-corrected chi connectivity index (χ2v) is 9.55. The van der Waals surface area contributed by atoms with Crippen molar-refractivity contribution >= 4 is 10.0 Å². The van der Waals surface area contributed by atoms with Crippen LogP contribution in [0.15, 0.2) is 47.4 Å². The Balaban J connectivity index is 2.11. The number of aliphatic hydroxyl groups excluding tert-OH is 1. The minimum absolute atomic E-state index is 0.0704. The number of ether oxygens (including phenoxy) is 2. The third-order valence-corrected chi connectivity index (χ3v) is 7.52.